The molecule has 682 valence electrons. The standard InChI is InChI=1S/C46H30N4.C45H29N5.C42H26N4/c1-3-11-32(12-4-1)42-30-43(50-46(49-42)35-13-5-2-6-14-35)33-23-21-31(22-24-33)36-15-9-16-37(29-36)38-18-10-19-40-44(38)39-17-7-8-20-41(39)48-45(40)34-25-27-47-28-26-34;1-3-11-32(12-4-1)43-48-44(33-13-5-2-6-14-33)50-45(49-43)34-23-21-30(22-24-34)35-15-9-16-36(29-35)37-18-10-19-39-41(37)38-17-7-8-20-40(38)47-42(39)31-25-27-46-28-26-31;1-2-7-28(8-3-1)36-21-19-30-17-18-31-20-22-37(45-42(31)41(30)44-36)29-15-13-27(14-16-29)33-10-6-11-35-39(33)34-9-4-5-12-38(34)46-40(35)32-23-25-43-26-24-32/h1-30H;1-29H;1-26H. The average Bonchev–Trinajstić information content (AvgIpc) is 0.748. The molecule has 0 bridgehead atoms. The number of hydrogen-bond acceptors (Lipinski definition) is 13. The van der Waals surface area contributed by atoms with Gasteiger partial charge in [0.25, 0.3) is 0 Å². The third kappa shape index (κ3) is 17.5. The molecule has 0 aliphatic heterocycles. The van der Waals surface area contributed by atoms with E-state index in [1.807, 2.05) is 201 Å². The fraction of sp³-hybridized carbons (Fsp3) is 0. The van der Waals surface area contributed by atoms with Crippen molar-refractivity contribution in [2.45, 2.75) is 0 Å². The number of fused-ring (bicyclic) bond motifs is 12. The molecule has 0 unspecified atom stereocenters. The predicted octanol–water partition coefficient (Wildman–Crippen LogP) is 33.1. The van der Waals surface area contributed by atoms with Crippen molar-refractivity contribution in [1.29, 1.82) is 0 Å². The van der Waals surface area contributed by atoms with Crippen LogP contribution in [0.2, 0.25) is 0 Å². The third-order valence-electron chi connectivity index (χ3n) is 27.0. The van der Waals surface area contributed by atoms with E-state index in [0.29, 0.717) is 23.3 Å². The number of nitrogens with zero attached hydrogens (tertiary/aromatic N) is 13. The first-order valence-electron chi connectivity index (χ1n) is 48.7. The van der Waals surface area contributed by atoms with Gasteiger partial charge in [0, 0.05) is 158 Å². The van der Waals surface area contributed by atoms with Gasteiger partial charge in [-0.3, -0.25) is 15.0 Å². The summed E-state index contributed by atoms with van der Waals surface area (Å²) < 4.78 is 0. The highest BCUT2D eigenvalue weighted by molar-refractivity contribution is 6.20. The maximum Gasteiger partial charge on any atom is 0.164 e. The molecule has 0 aliphatic carbocycles. The van der Waals surface area contributed by atoms with Gasteiger partial charge in [0.05, 0.1) is 67.4 Å². The van der Waals surface area contributed by atoms with Crippen LogP contribution in [0.4, 0.5) is 0 Å². The minimum Gasteiger partial charge on any atom is -0.265 e. The van der Waals surface area contributed by atoms with Crippen LogP contribution in [0.3, 0.4) is 0 Å². The number of aromatic nitrogens is 13. The minimum atomic E-state index is 0.638. The van der Waals surface area contributed by atoms with Crippen LogP contribution >= 0.6 is 0 Å². The molecule has 13 heteroatoms. The maximum absolute atomic E-state index is 5.17. The maximum atomic E-state index is 5.17. The number of rotatable bonds is 16. The van der Waals surface area contributed by atoms with Crippen LogP contribution in [-0.4, -0.2) is 64.8 Å². The summed E-state index contributed by atoms with van der Waals surface area (Å²) in [6.45, 7) is 0. The summed E-state index contributed by atoms with van der Waals surface area (Å²) in [6.07, 6.45) is 10.9. The van der Waals surface area contributed by atoms with Crippen LogP contribution in [0.25, 0.3) is 267 Å². The van der Waals surface area contributed by atoms with Crippen LogP contribution < -0.4 is 0 Å². The Bertz CT molecular complexity index is 9070. The molecular formula is C133H85N13. The molecule has 0 radical (unpaired) electrons. The highest BCUT2D eigenvalue weighted by atomic mass is 15.0. The van der Waals surface area contributed by atoms with E-state index in [1.165, 1.54) is 32.8 Å². The molecule has 0 N–H and O–H groups in total. The lowest BCUT2D eigenvalue weighted by Crippen LogP contribution is -2.00. The normalized spacial score (nSPS) is 11.3. The summed E-state index contributed by atoms with van der Waals surface area (Å²) in [5, 5.41) is 12.5. The summed E-state index contributed by atoms with van der Waals surface area (Å²) in [4.78, 5) is 62.9. The van der Waals surface area contributed by atoms with Gasteiger partial charge in [-0.15, -0.1) is 0 Å². The lowest BCUT2D eigenvalue weighted by Gasteiger charge is -2.15. The summed E-state index contributed by atoms with van der Waals surface area (Å²) in [5.74, 6) is 2.65. The smallest absolute Gasteiger partial charge is 0.164 e. The average molecular weight is 1870 g/mol. The molecule has 27 rings (SSSR count). The van der Waals surface area contributed by atoms with Gasteiger partial charge < -0.3 is 0 Å². The zero-order valence-corrected chi connectivity index (χ0v) is 78.9. The van der Waals surface area contributed by atoms with Crippen molar-refractivity contribution in [3.8, 4) is 180 Å². The van der Waals surface area contributed by atoms with E-state index < -0.39 is 0 Å². The lowest BCUT2D eigenvalue weighted by atomic mass is 9.91. The second-order valence-corrected chi connectivity index (χ2v) is 35.9. The summed E-state index contributed by atoms with van der Waals surface area (Å²) in [7, 11) is 0. The molecular weight excluding hydrogens is 1780 g/mol. The second kappa shape index (κ2) is 39.1. The third-order valence-corrected chi connectivity index (χ3v) is 27.0. The van der Waals surface area contributed by atoms with Crippen LogP contribution in [-0.2, 0) is 0 Å². The van der Waals surface area contributed by atoms with Gasteiger partial charge in [-0.1, -0.05) is 394 Å². The first-order chi connectivity index (χ1) is 72.4. The molecule has 0 amide bonds. The van der Waals surface area contributed by atoms with Gasteiger partial charge >= 0.3 is 0 Å². The summed E-state index contributed by atoms with van der Waals surface area (Å²) in [6, 6.07) is 166. The zero-order valence-electron chi connectivity index (χ0n) is 78.9. The molecule has 27 aromatic rings. The fourth-order valence-electron chi connectivity index (χ4n) is 19.8. The minimum absolute atomic E-state index is 0.638. The molecule has 0 fully saturated rings. The SMILES string of the molecule is c1ccc(-c2cc(-c3ccc(-c4cccc(-c5cccc6c(-c7ccncc7)nc7ccccc7c56)c4)cc3)nc(-c3ccccc3)n2)cc1.c1ccc(-c2ccc3ccc4ccc(-c5ccc(-c6cccc7c(-c8ccncc8)nc8ccccc8c67)cc5)nc4c3n2)cc1.c1ccc(-c2nc(-c3ccccc3)nc(-c3ccc(-c4cccc(-c5cccc6c(-c7ccncc7)nc7ccccc7c56)c4)cc3)n2)cc1. The Hall–Kier alpha value is -19.9. The van der Waals surface area contributed by atoms with Crippen molar-refractivity contribution in [2.24, 2.45) is 0 Å². The van der Waals surface area contributed by atoms with Gasteiger partial charge in [-0.25, -0.2) is 49.8 Å². The number of para-hydroxylation sites is 3. The number of hydrogen-bond donors (Lipinski definition) is 0. The van der Waals surface area contributed by atoms with Crippen LogP contribution in [0.5, 0.6) is 0 Å². The van der Waals surface area contributed by atoms with Crippen molar-refractivity contribution in [2.75, 3.05) is 0 Å². The Balaban J connectivity index is 0.000000114. The van der Waals surface area contributed by atoms with E-state index in [2.05, 4.69) is 330 Å². The van der Waals surface area contributed by atoms with Crippen LogP contribution in [0.15, 0.2) is 516 Å². The van der Waals surface area contributed by atoms with E-state index >= 15 is 0 Å². The van der Waals surface area contributed by atoms with E-state index in [9.17, 15) is 0 Å². The Morgan fingerprint density at radius 1 is 0.130 bits per heavy atom. The van der Waals surface area contributed by atoms with Crippen molar-refractivity contribution in [3.63, 3.8) is 0 Å². The fourth-order valence-corrected chi connectivity index (χ4v) is 19.8. The molecule has 146 heavy (non-hydrogen) atoms. The topological polar surface area (TPSA) is 168 Å². The second-order valence-electron chi connectivity index (χ2n) is 35.9. The Labute approximate surface area is 842 Å². The van der Waals surface area contributed by atoms with Gasteiger partial charge in [-0.05, 0) is 141 Å². The van der Waals surface area contributed by atoms with Gasteiger partial charge in [0.1, 0.15) is 0 Å². The monoisotopic (exact) mass is 1860 g/mol. The quantitative estimate of drug-likeness (QED) is 0.0839. The zero-order chi connectivity index (χ0) is 97.0. The van der Waals surface area contributed by atoms with Gasteiger partial charge in [0.2, 0.25) is 0 Å². The molecule has 17 aromatic carbocycles. The van der Waals surface area contributed by atoms with Crippen LogP contribution in [0, 0.1) is 0 Å². The van der Waals surface area contributed by atoms with Crippen LogP contribution in [0.1, 0.15) is 0 Å². The van der Waals surface area contributed by atoms with Crippen molar-refractivity contribution in [1.82, 2.24) is 64.8 Å². The summed E-state index contributed by atoms with van der Waals surface area (Å²) in [5.41, 5.74) is 34.0. The first-order valence-corrected chi connectivity index (χ1v) is 48.7. The van der Waals surface area contributed by atoms with Gasteiger partial charge in [0.15, 0.2) is 23.3 Å². The number of benzene rings is 17. The highest BCUT2D eigenvalue weighted by Crippen LogP contribution is 2.46. The first kappa shape index (κ1) is 87.6. The van der Waals surface area contributed by atoms with Crippen molar-refractivity contribution >= 4 is 86.8 Å². The number of pyridine rings is 8. The molecule has 0 saturated carbocycles. The largest absolute Gasteiger partial charge is 0.265 e. The predicted molar refractivity (Wildman–Crippen MR) is 598 cm³/mol. The molecule has 10 heterocycles. The molecule has 0 spiro atoms. The molecule has 13 nitrogen and oxygen atoms in total. The molecule has 0 aliphatic rings. The van der Waals surface area contributed by atoms with Crippen molar-refractivity contribution < 1.29 is 0 Å². The summed E-state index contributed by atoms with van der Waals surface area (Å²) >= 11 is 0. The van der Waals surface area contributed by atoms with E-state index in [-0.39, 0.29) is 0 Å². The molecule has 0 atom stereocenters. The Morgan fingerprint density at radius 3 is 0.753 bits per heavy atom. The van der Waals surface area contributed by atoms with E-state index in [1.54, 1.807) is 0 Å². The van der Waals surface area contributed by atoms with E-state index in [4.69, 9.17) is 49.8 Å². The van der Waals surface area contributed by atoms with Crippen molar-refractivity contribution in [3.05, 3.63) is 516 Å². The molecule has 10 aromatic heterocycles. The highest BCUT2D eigenvalue weighted by Gasteiger charge is 2.23. The van der Waals surface area contributed by atoms with E-state index in [0.717, 1.165) is 211 Å². The molecule has 0 saturated heterocycles. The van der Waals surface area contributed by atoms with Gasteiger partial charge in [-0.2, -0.15) is 0 Å². The Morgan fingerprint density at radius 2 is 0.384 bits per heavy atom. The lowest BCUT2D eigenvalue weighted by molar-refractivity contribution is 1.07. The Kier molecular flexibility index (Phi) is 23.4.